The van der Waals surface area contributed by atoms with Crippen LogP contribution in [0.5, 0.6) is 5.75 Å². The number of benzene rings is 1. The Balaban J connectivity index is 2.08. The predicted octanol–water partition coefficient (Wildman–Crippen LogP) is 4.42. The summed E-state index contributed by atoms with van der Waals surface area (Å²) in [6, 6.07) is 13.7. The molecule has 0 bridgehead atoms. The highest BCUT2D eigenvalue weighted by Crippen LogP contribution is 2.27. The molecule has 0 radical (unpaired) electrons. The molecule has 5 heteroatoms. The van der Waals surface area contributed by atoms with Gasteiger partial charge in [-0.2, -0.15) is 5.26 Å². The molecule has 0 fully saturated rings. The Morgan fingerprint density at radius 1 is 1.18 bits per heavy atom. The number of pyridine rings is 1. The molecule has 0 saturated carbocycles. The van der Waals surface area contributed by atoms with Crippen LogP contribution in [0.2, 0.25) is 0 Å². The molecule has 0 aliphatic heterocycles. The van der Waals surface area contributed by atoms with Gasteiger partial charge in [0.25, 0.3) is 0 Å². The van der Waals surface area contributed by atoms with Crippen LogP contribution >= 0.6 is 15.9 Å². The molecule has 0 aliphatic rings. The number of imidazole rings is 1. The molecule has 0 saturated heterocycles. The molecule has 0 atom stereocenters. The van der Waals surface area contributed by atoms with E-state index >= 15 is 0 Å². The Bertz CT molecular complexity index is 860. The molecular formula is C17H14BrN3O. The van der Waals surface area contributed by atoms with Gasteiger partial charge in [0.2, 0.25) is 0 Å². The highest BCUT2D eigenvalue weighted by Gasteiger charge is 2.14. The van der Waals surface area contributed by atoms with Crippen LogP contribution in [-0.2, 0) is 0 Å². The molecule has 110 valence electrons. The summed E-state index contributed by atoms with van der Waals surface area (Å²) in [5.41, 5.74) is 2.84. The second-order valence-corrected chi connectivity index (χ2v) is 6.10. The van der Waals surface area contributed by atoms with E-state index in [-0.39, 0.29) is 6.10 Å². The number of halogens is 1. The second kappa shape index (κ2) is 5.82. The van der Waals surface area contributed by atoms with Crippen molar-refractivity contribution in [3.05, 3.63) is 52.8 Å². The fourth-order valence-corrected chi connectivity index (χ4v) is 2.63. The van der Waals surface area contributed by atoms with Crippen LogP contribution in [0, 0.1) is 11.3 Å². The van der Waals surface area contributed by atoms with Crippen molar-refractivity contribution in [3.8, 4) is 23.1 Å². The van der Waals surface area contributed by atoms with E-state index in [0.29, 0.717) is 11.4 Å². The number of nitrogens with zero attached hydrogens (tertiary/aromatic N) is 3. The van der Waals surface area contributed by atoms with E-state index in [1.165, 1.54) is 0 Å². The minimum Gasteiger partial charge on any atom is -0.491 e. The number of hydrogen-bond acceptors (Lipinski definition) is 3. The zero-order chi connectivity index (χ0) is 15.7. The molecule has 4 nitrogen and oxygen atoms in total. The molecule has 1 aromatic carbocycles. The van der Waals surface area contributed by atoms with Crippen LogP contribution in [0.25, 0.3) is 16.9 Å². The maximum absolute atomic E-state index is 9.48. The van der Waals surface area contributed by atoms with E-state index in [0.717, 1.165) is 21.4 Å². The standard InChI is InChI=1S/C17H14BrN3O/c1-11(2)22-14-6-3-12(4-7-14)17-15(9-19)21-10-13(18)5-8-16(21)20-17/h3-8,10-11H,1-2H3. The highest BCUT2D eigenvalue weighted by atomic mass is 79.9. The lowest BCUT2D eigenvalue weighted by Gasteiger charge is -2.09. The molecule has 0 unspecified atom stereocenters. The summed E-state index contributed by atoms with van der Waals surface area (Å²) in [5, 5.41) is 9.48. The normalized spacial score (nSPS) is 10.9. The maximum atomic E-state index is 9.48. The molecule has 3 aromatic rings. The van der Waals surface area contributed by atoms with Crippen LogP contribution < -0.4 is 4.74 Å². The minimum atomic E-state index is 0.132. The van der Waals surface area contributed by atoms with Gasteiger partial charge >= 0.3 is 0 Å². The van der Waals surface area contributed by atoms with E-state index in [1.807, 2.05) is 56.4 Å². The summed E-state index contributed by atoms with van der Waals surface area (Å²) in [7, 11) is 0. The lowest BCUT2D eigenvalue weighted by atomic mass is 10.1. The van der Waals surface area contributed by atoms with Gasteiger partial charge < -0.3 is 4.74 Å². The smallest absolute Gasteiger partial charge is 0.152 e. The molecule has 2 aromatic heterocycles. The van der Waals surface area contributed by atoms with Crippen molar-refractivity contribution in [2.75, 3.05) is 0 Å². The molecule has 0 amide bonds. The zero-order valence-corrected chi connectivity index (χ0v) is 13.8. The molecule has 0 aliphatic carbocycles. The zero-order valence-electron chi connectivity index (χ0n) is 12.2. The first-order valence-corrected chi connectivity index (χ1v) is 7.72. The Morgan fingerprint density at radius 2 is 1.91 bits per heavy atom. The monoisotopic (exact) mass is 355 g/mol. The Morgan fingerprint density at radius 3 is 2.55 bits per heavy atom. The summed E-state index contributed by atoms with van der Waals surface area (Å²) in [4.78, 5) is 4.56. The first-order valence-electron chi connectivity index (χ1n) is 6.93. The van der Waals surface area contributed by atoms with Gasteiger partial charge in [-0.3, -0.25) is 4.40 Å². The van der Waals surface area contributed by atoms with Crippen molar-refractivity contribution in [3.63, 3.8) is 0 Å². The molecule has 2 heterocycles. The fraction of sp³-hybridized carbons (Fsp3) is 0.176. The largest absolute Gasteiger partial charge is 0.491 e. The third kappa shape index (κ3) is 2.70. The van der Waals surface area contributed by atoms with Crippen molar-refractivity contribution in [1.82, 2.24) is 9.38 Å². The van der Waals surface area contributed by atoms with Crippen LogP contribution in [-0.4, -0.2) is 15.5 Å². The Labute approximate surface area is 137 Å². The van der Waals surface area contributed by atoms with Gasteiger partial charge in [-0.15, -0.1) is 0 Å². The maximum Gasteiger partial charge on any atom is 0.152 e. The van der Waals surface area contributed by atoms with Crippen molar-refractivity contribution < 1.29 is 4.74 Å². The SMILES string of the molecule is CC(C)Oc1ccc(-c2nc3ccc(Br)cn3c2C#N)cc1. The van der Waals surface area contributed by atoms with E-state index < -0.39 is 0 Å². The second-order valence-electron chi connectivity index (χ2n) is 5.19. The molecule has 3 rings (SSSR count). The van der Waals surface area contributed by atoms with Gasteiger partial charge in [0.1, 0.15) is 23.2 Å². The lowest BCUT2D eigenvalue weighted by Crippen LogP contribution is -2.05. The van der Waals surface area contributed by atoms with E-state index in [1.54, 1.807) is 4.40 Å². The summed E-state index contributed by atoms with van der Waals surface area (Å²) in [6.45, 7) is 3.98. The van der Waals surface area contributed by atoms with Gasteiger partial charge in [-0.05, 0) is 66.2 Å². The van der Waals surface area contributed by atoms with E-state index in [2.05, 4.69) is 27.0 Å². The number of ether oxygens (including phenoxy) is 1. The third-order valence-electron chi connectivity index (χ3n) is 3.19. The van der Waals surface area contributed by atoms with Gasteiger partial charge in [0, 0.05) is 16.2 Å². The predicted molar refractivity (Wildman–Crippen MR) is 88.8 cm³/mol. The van der Waals surface area contributed by atoms with Crippen LogP contribution in [0.4, 0.5) is 0 Å². The van der Waals surface area contributed by atoms with Crippen LogP contribution in [0.15, 0.2) is 47.1 Å². The summed E-state index contributed by atoms with van der Waals surface area (Å²) < 4.78 is 8.33. The number of nitriles is 1. The quantitative estimate of drug-likeness (QED) is 0.698. The number of fused-ring (bicyclic) bond motifs is 1. The van der Waals surface area contributed by atoms with Crippen molar-refractivity contribution in [2.24, 2.45) is 0 Å². The summed E-state index contributed by atoms with van der Waals surface area (Å²) >= 11 is 3.42. The van der Waals surface area contributed by atoms with E-state index in [9.17, 15) is 5.26 Å². The molecule has 0 spiro atoms. The highest BCUT2D eigenvalue weighted by molar-refractivity contribution is 9.10. The third-order valence-corrected chi connectivity index (χ3v) is 3.66. The number of aromatic nitrogens is 2. The van der Waals surface area contributed by atoms with Crippen LogP contribution in [0.3, 0.4) is 0 Å². The number of hydrogen-bond donors (Lipinski definition) is 0. The fourth-order valence-electron chi connectivity index (χ4n) is 2.29. The molecular weight excluding hydrogens is 342 g/mol. The topological polar surface area (TPSA) is 50.3 Å². The van der Waals surface area contributed by atoms with E-state index in [4.69, 9.17) is 4.74 Å². The van der Waals surface area contributed by atoms with Crippen molar-refractivity contribution in [2.45, 2.75) is 20.0 Å². The number of rotatable bonds is 3. The average Bonchev–Trinajstić information content (AvgIpc) is 2.85. The molecule has 22 heavy (non-hydrogen) atoms. The van der Waals surface area contributed by atoms with Crippen molar-refractivity contribution in [1.29, 1.82) is 5.26 Å². The first kappa shape index (κ1) is 14.6. The first-order chi connectivity index (χ1) is 10.6. The minimum absolute atomic E-state index is 0.132. The summed E-state index contributed by atoms with van der Waals surface area (Å²) in [6.07, 6.45) is 1.98. The van der Waals surface area contributed by atoms with Crippen molar-refractivity contribution >= 4 is 21.6 Å². The Hall–Kier alpha value is -2.32. The van der Waals surface area contributed by atoms with Gasteiger partial charge in [-0.25, -0.2) is 4.98 Å². The average molecular weight is 356 g/mol. The molecule has 0 N–H and O–H groups in total. The Kier molecular flexibility index (Phi) is 3.86. The van der Waals surface area contributed by atoms with Crippen LogP contribution in [0.1, 0.15) is 19.5 Å². The van der Waals surface area contributed by atoms with Gasteiger partial charge in [-0.1, -0.05) is 0 Å². The van der Waals surface area contributed by atoms with Gasteiger partial charge in [0.05, 0.1) is 6.10 Å². The van der Waals surface area contributed by atoms with Gasteiger partial charge in [0.15, 0.2) is 5.69 Å². The lowest BCUT2D eigenvalue weighted by molar-refractivity contribution is 0.242. The summed E-state index contributed by atoms with van der Waals surface area (Å²) in [5.74, 6) is 0.809.